The number of nitro benzene ring substituents is 1. The van der Waals surface area contributed by atoms with Gasteiger partial charge in [-0.2, -0.15) is 5.10 Å². The lowest BCUT2D eigenvalue weighted by molar-refractivity contribution is -0.384. The summed E-state index contributed by atoms with van der Waals surface area (Å²) < 4.78 is 12.2. The first-order chi connectivity index (χ1) is 14.0. The molecule has 0 saturated carbocycles. The molecule has 29 heavy (non-hydrogen) atoms. The lowest BCUT2D eigenvalue weighted by Gasteiger charge is -2.09. The van der Waals surface area contributed by atoms with Crippen molar-refractivity contribution in [2.45, 2.75) is 19.8 Å². The third kappa shape index (κ3) is 4.03. The maximum absolute atomic E-state index is 12.5. The first kappa shape index (κ1) is 18.5. The highest BCUT2D eigenvalue weighted by Crippen LogP contribution is 2.32. The number of aryl methyl sites for hydroxylation is 2. The monoisotopic (exact) mass is 394 g/mol. The highest BCUT2D eigenvalue weighted by atomic mass is 16.7. The Kier molecular flexibility index (Phi) is 4.86. The predicted octanol–water partition coefficient (Wildman–Crippen LogP) is 3.39. The van der Waals surface area contributed by atoms with Crippen molar-refractivity contribution in [2.75, 3.05) is 12.1 Å². The third-order valence-corrected chi connectivity index (χ3v) is 4.48. The van der Waals surface area contributed by atoms with Crippen molar-refractivity contribution in [3.8, 4) is 17.2 Å². The summed E-state index contributed by atoms with van der Waals surface area (Å²) in [6.07, 6.45) is 0.831. The molecule has 1 N–H and O–H groups in total. The van der Waals surface area contributed by atoms with Crippen molar-refractivity contribution in [2.24, 2.45) is 0 Å². The molecule has 0 bridgehead atoms. The van der Waals surface area contributed by atoms with Crippen molar-refractivity contribution < 1.29 is 19.2 Å². The van der Waals surface area contributed by atoms with Gasteiger partial charge in [0.2, 0.25) is 12.7 Å². The van der Waals surface area contributed by atoms with Gasteiger partial charge in [-0.1, -0.05) is 6.07 Å². The summed E-state index contributed by atoms with van der Waals surface area (Å²) in [5.74, 6) is 1.74. The number of aromatic nitrogens is 2. The van der Waals surface area contributed by atoms with E-state index in [0.717, 1.165) is 11.3 Å². The van der Waals surface area contributed by atoms with E-state index in [9.17, 15) is 14.9 Å². The summed E-state index contributed by atoms with van der Waals surface area (Å²) in [4.78, 5) is 22.8. The summed E-state index contributed by atoms with van der Waals surface area (Å²) in [6.45, 7) is 2.02. The van der Waals surface area contributed by atoms with E-state index in [4.69, 9.17) is 9.47 Å². The number of carbonyl (C=O) groups is 1. The minimum absolute atomic E-state index is 0.00746. The van der Waals surface area contributed by atoms with E-state index in [1.165, 1.54) is 12.1 Å². The summed E-state index contributed by atoms with van der Waals surface area (Å²) in [6, 6.07) is 13.4. The molecule has 0 atom stereocenters. The van der Waals surface area contributed by atoms with Crippen molar-refractivity contribution in [1.82, 2.24) is 9.78 Å². The topological polar surface area (TPSA) is 109 Å². The molecule has 1 aromatic heterocycles. The van der Waals surface area contributed by atoms with Gasteiger partial charge in [0, 0.05) is 24.6 Å². The minimum Gasteiger partial charge on any atom is -0.454 e. The average molecular weight is 394 g/mol. The van der Waals surface area contributed by atoms with E-state index in [1.54, 1.807) is 22.9 Å². The zero-order valence-electron chi connectivity index (χ0n) is 15.6. The Labute approximate surface area is 166 Å². The van der Waals surface area contributed by atoms with Crippen LogP contribution in [0.4, 0.5) is 11.5 Å². The number of nitro groups is 1. The van der Waals surface area contributed by atoms with Gasteiger partial charge in [-0.25, -0.2) is 4.68 Å². The van der Waals surface area contributed by atoms with Crippen LogP contribution >= 0.6 is 0 Å². The number of rotatable bonds is 6. The van der Waals surface area contributed by atoms with Crippen LogP contribution in [0.2, 0.25) is 0 Å². The van der Waals surface area contributed by atoms with Crippen molar-refractivity contribution >= 4 is 17.4 Å². The van der Waals surface area contributed by atoms with Gasteiger partial charge in [-0.05, 0) is 43.2 Å². The zero-order chi connectivity index (χ0) is 20.4. The van der Waals surface area contributed by atoms with Gasteiger partial charge in [0.05, 0.1) is 16.3 Å². The van der Waals surface area contributed by atoms with E-state index in [-0.39, 0.29) is 24.8 Å². The number of nitrogens with one attached hydrogen (secondary N) is 1. The Morgan fingerprint density at radius 3 is 2.69 bits per heavy atom. The molecule has 2 aromatic carbocycles. The number of fused-ring (bicyclic) bond motifs is 1. The molecule has 0 unspecified atom stereocenters. The van der Waals surface area contributed by atoms with Crippen molar-refractivity contribution in [3.63, 3.8) is 0 Å². The second-order valence-corrected chi connectivity index (χ2v) is 6.59. The van der Waals surface area contributed by atoms with E-state index < -0.39 is 4.92 Å². The Morgan fingerprint density at radius 2 is 1.93 bits per heavy atom. The molecule has 1 aliphatic rings. The molecule has 1 amide bonds. The molecule has 148 valence electrons. The largest absolute Gasteiger partial charge is 0.454 e. The van der Waals surface area contributed by atoms with Gasteiger partial charge < -0.3 is 14.8 Å². The minimum atomic E-state index is -0.461. The van der Waals surface area contributed by atoms with E-state index in [1.807, 2.05) is 25.1 Å². The normalized spacial score (nSPS) is 12.0. The van der Waals surface area contributed by atoms with Crippen molar-refractivity contribution in [1.29, 1.82) is 0 Å². The highest BCUT2D eigenvalue weighted by molar-refractivity contribution is 5.90. The Morgan fingerprint density at radius 1 is 1.17 bits per heavy atom. The number of ether oxygens (including phenoxy) is 2. The molecule has 4 rings (SSSR count). The van der Waals surface area contributed by atoms with Gasteiger partial charge in [-0.3, -0.25) is 14.9 Å². The molecule has 9 nitrogen and oxygen atoms in total. The second kappa shape index (κ2) is 7.63. The molecular formula is C20H18N4O5. The maximum Gasteiger partial charge on any atom is 0.269 e. The molecule has 2 heterocycles. The number of hydrogen-bond donors (Lipinski definition) is 1. The summed E-state index contributed by atoms with van der Waals surface area (Å²) in [7, 11) is 0. The number of benzene rings is 2. The first-order valence-electron chi connectivity index (χ1n) is 8.99. The van der Waals surface area contributed by atoms with Crippen LogP contribution in [-0.2, 0) is 11.2 Å². The van der Waals surface area contributed by atoms with Gasteiger partial charge in [0.25, 0.3) is 5.69 Å². The molecule has 0 spiro atoms. The van der Waals surface area contributed by atoms with Crippen LogP contribution in [0.15, 0.2) is 48.5 Å². The molecular weight excluding hydrogens is 376 g/mol. The van der Waals surface area contributed by atoms with Crippen LogP contribution in [0, 0.1) is 17.0 Å². The maximum atomic E-state index is 12.5. The summed E-state index contributed by atoms with van der Waals surface area (Å²) in [5, 5.41) is 18.1. The van der Waals surface area contributed by atoms with Crippen LogP contribution in [0.3, 0.4) is 0 Å². The lowest BCUT2D eigenvalue weighted by Crippen LogP contribution is -2.15. The fourth-order valence-corrected chi connectivity index (χ4v) is 3.06. The number of amides is 1. The highest BCUT2D eigenvalue weighted by Gasteiger charge is 2.15. The smallest absolute Gasteiger partial charge is 0.269 e. The van der Waals surface area contributed by atoms with Crippen LogP contribution in [0.25, 0.3) is 5.69 Å². The van der Waals surface area contributed by atoms with Gasteiger partial charge in [0.1, 0.15) is 5.82 Å². The van der Waals surface area contributed by atoms with Crippen LogP contribution < -0.4 is 14.8 Å². The van der Waals surface area contributed by atoms with Crippen LogP contribution in [-0.4, -0.2) is 27.4 Å². The van der Waals surface area contributed by atoms with Crippen LogP contribution in [0.5, 0.6) is 11.5 Å². The summed E-state index contributed by atoms with van der Waals surface area (Å²) >= 11 is 0. The lowest BCUT2D eigenvalue weighted by atomic mass is 10.1. The van der Waals surface area contributed by atoms with Gasteiger partial charge in [-0.15, -0.1) is 0 Å². The van der Waals surface area contributed by atoms with Crippen LogP contribution in [0.1, 0.15) is 17.7 Å². The molecule has 0 saturated heterocycles. The number of carbonyl (C=O) groups excluding carboxylic acids is 1. The first-order valence-corrected chi connectivity index (χ1v) is 8.99. The van der Waals surface area contributed by atoms with Crippen molar-refractivity contribution in [3.05, 3.63) is 69.9 Å². The zero-order valence-corrected chi connectivity index (χ0v) is 15.6. The van der Waals surface area contributed by atoms with Gasteiger partial charge in [0.15, 0.2) is 11.5 Å². The third-order valence-electron chi connectivity index (χ3n) is 4.48. The Balaban J connectivity index is 1.44. The second-order valence-electron chi connectivity index (χ2n) is 6.59. The van der Waals surface area contributed by atoms with Gasteiger partial charge >= 0.3 is 0 Å². The predicted molar refractivity (Wildman–Crippen MR) is 104 cm³/mol. The van der Waals surface area contributed by atoms with E-state index in [0.29, 0.717) is 29.4 Å². The number of anilines is 1. The summed E-state index contributed by atoms with van der Waals surface area (Å²) in [5.41, 5.74) is 2.31. The Hall–Kier alpha value is -3.88. The SMILES string of the molecule is Cc1cc(NC(=O)CCc2ccc3c(c2)OCO3)n(-c2ccc([N+](=O)[O-])cc2)n1. The number of hydrogen-bond acceptors (Lipinski definition) is 6. The number of non-ortho nitro benzene ring substituents is 1. The van der Waals surface area contributed by atoms with E-state index in [2.05, 4.69) is 10.4 Å². The molecule has 3 aromatic rings. The number of nitrogens with zero attached hydrogens (tertiary/aromatic N) is 3. The standard InChI is InChI=1S/C20H18N4O5/c1-13-10-19(23(22-13)15-4-6-16(7-5-15)24(26)27)21-20(25)9-3-14-2-8-17-18(11-14)29-12-28-17/h2,4-8,10-11H,3,9,12H2,1H3,(H,21,25). The molecule has 0 fully saturated rings. The quantitative estimate of drug-likeness (QED) is 0.507. The molecule has 1 aliphatic heterocycles. The molecule has 9 heteroatoms. The van der Waals surface area contributed by atoms with E-state index >= 15 is 0 Å². The molecule has 0 radical (unpaired) electrons. The fraction of sp³-hybridized carbons (Fsp3) is 0.200. The average Bonchev–Trinajstić information content (AvgIpc) is 3.32. The fourth-order valence-electron chi connectivity index (χ4n) is 3.06. The molecule has 0 aliphatic carbocycles. The Bertz CT molecular complexity index is 1070.